The van der Waals surface area contributed by atoms with E-state index in [0.29, 0.717) is 5.69 Å². The summed E-state index contributed by atoms with van der Waals surface area (Å²) >= 11 is 0. The van der Waals surface area contributed by atoms with Crippen molar-refractivity contribution in [3.8, 4) is 0 Å². The van der Waals surface area contributed by atoms with Crippen LogP contribution in [-0.4, -0.2) is 56.7 Å². The van der Waals surface area contributed by atoms with Crippen molar-refractivity contribution in [2.24, 2.45) is 0 Å². The Morgan fingerprint density at radius 1 is 1.00 bits per heavy atom. The molecular formula is C24H34Cl2N4O3. The van der Waals surface area contributed by atoms with Gasteiger partial charge in [-0.25, -0.2) is 4.79 Å². The SMILES string of the molecule is CCN(CC)CCNCC(=O)N1c2ccccc2CCc2ccc(NC(=O)OC)cc21.Cl.Cl. The van der Waals surface area contributed by atoms with Gasteiger partial charge in [0.15, 0.2) is 0 Å². The third kappa shape index (κ3) is 7.33. The fraction of sp³-hybridized carbons (Fsp3) is 0.417. The second kappa shape index (κ2) is 14.1. The molecule has 7 nitrogen and oxygen atoms in total. The normalized spacial score (nSPS) is 11.9. The van der Waals surface area contributed by atoms with E-state index >= 15 is 0 Å². The van der Waals surface area contributed by atoms with Crippen LogP contribution in [-0.2, 0) is 22.4 Å². The molecule has 0 bridgehead atoms. The van der Waals surface area contributed by atoms with Crippen LogP contribution in [0.5, 0.6) is 0 Å². The Kier molecular flexibility index (Phi) is 12.2. The van der Waals surface area contributed by atoms with E-state index in [-0.39, 0.29) is 37.3 Å². The number of hydrogen-bond acceptors (Lipinski definition) is 5. The van der Waals surface area contributed by atoms with Crippen molar-refractivity contribution in [1.29, 1.82) is 0 Å². The molecule has 1 aliphatic rings. The van der Waals surface area contributed by atoms with E-state index in [1.54, 1.807) is 4.90 Å². The maximum Gasteiger partial charge on any atom is 0.411 e. The zero-order valence-corrected chi connectivity index (χ0v) is 21.1. The maximum atomic E-state index is 13.4. The smallest absolute Gasteiger partial charge is 0.411 e. The van der Waals surface area contributed by atoms with Crippen LogP contribution in [0.1, 0.15) is 25.0 Å². The lowest BCUT2D eigenvalue weighted by molar-refractivity contribution is -0.117. The molecule has 3 rings (SSSR count). The summed E-state index contributed by atoms with van der Waals surface area (Å²) in [6, 6.07) is 13.7. The average Bonchev–Trinajstić information content (AvgIpc) is 2.95. The summed E-state index contributed by atoms with van der Waals surface area (Å²) in [4.78, 5) is 29.2. The number of benzene rings is 2. The van der Waals surface area contributed by atoms with Crippen molar-refractivity contribution >= 4 is 53.9 Å². The van der Waals surface area contributed by atoms with Crippen LogP contribution in [0.3, 0.4) is 0 Å². The van der Waals surface area contributed by atoms with E-state index in [2.05, 4.69) is 35.4 Å². The van der Waals surface area contributed by atoms with E-state index in [9.17, 15) is 9.59 Å². The highest BCUT2D eigenvalue weighted by atomic mass is 35.5. The van der Waals surface area contributed by atoms with Crippen LogP contribution in [0.25, 0.3) is 0 Å². The molecule has 0 fully saturated rings. The Morgan fingerprint density at radius 3 is 2.33 bits per heavy atom. The molecule has 0 atom stereocenters. The molecular weight excluding hydrogens is 463 g/mol. The van der Waals surface area contributed by atoms with E-state index in [4.69, 9.17) is 4.74 Å². The van der Waals surface area contributed by atoms with Crippen molar-refractivity contribution in [3.05, 3.63) is 53.6 Å². The summed E-state index contributed by atoms with van der Waals surface area (Å²) in [6.07, 6.45) is 1.14. The Bertz CT molecular complexity index is 922. The minimum absolute atomic E-state index is 0. The van der Waals surface area contributed by atoms with Gasteiger partial charge >= 0.3 is 6.09 Å². The first-order chi connectivity index (χ1) is 15.1. The molecule has 0 spiro atoms. The van der Waals surface area contributed by atoms with E-state index in [1.165, 1.54) is 7.11 Å². The van der Waals surface area contributed by atoms with Crippen molar-refractivity contribution < 1.29 is 14.3 Å². The summed E-state index contributed by atoms with van der Waals surface area (Å²) in [5.41, 5.74) is 4.50. The lowest BCUT2D eigenvalue weighted by Gasteiger charge is -2.26. The molecule has 2 aromatic rings. The fourth-order valence-corrected chi connectivity index (χ4v) is 3.89. The molecule has 0 aromatic heterocycles. The average molecular weight is 497 g/mol. The number of rotatable bonds is 8. The standard InChI is InChI=1S/C24H32N4O3.2ClH/c1-4-27(5-2)15-14-25-17-23(29)28-21-9-7-6-8-18(21)10-11-19-12-13-20(16-22(19)28)26-24(30)31-3;;/h6-9,12-13,16,25H,4-5,10-11,14-15,17H2,1-3H3,(H,26,30);2*1H. The third-order valence-electron chi connectivity index (χ3n) is 5.68. The predicted molar refractivity (Wildman–Crippen MR) is 139 cm³/mol. The number of fused-ring (bicyclic) bond motifs is 2. The van der Waals surface area contributed by atoms with Crippen LogP contribution in [0, 0.1) is 0 Å². The molecule has 1 heterocycles. The van der Waals surface area contributed by atoms with Gasteiger partial charge in [-0.1, -0.05) is 38.1 Å². The highest BCUT2D eigenvalue weighted by Crippen LogP contribution is 2.37. The lowest BCUT2D eigenvalue weighted by atomic mass is 10.0. The van der Waals surface area contributed by atoms with Gasteiger partial charge in [0, 0.05) is 18.8 Å². The van der Waals surface area contributed by atoms with Gasteiger partial charge in [-0.3, -0.25) is 15.0 Å². The van der Waals surface area contributed by atoms with Crippen LogP contribution < -0.4 is 15.5 Å². The fourth-order valence-electron chi connectivity index (χ4n) is 3.89. The second-order valence-electron chi connectivity index (χ2n) is 7.52. The van der Waals surface area contributed by atoms with Gasteiger partial charge in [0.05, 0.1) is 25.0 Å². The number of hydrogen-bond donors (Lipinski definition) is 2. The number of carbonyl (C=O) groups excluding carboxylic acids is 2. The van der Waals surface area contributed by atoms with Gasteiger partial charge in [-0.15, -0.1) is 24.8 Å². The molecule has 0 unspecified atom stereocenters. The number of ether oxygens (including phenoxy) is 1. The van der Waals surface area contributed by atoms with Crippen molar-refractivity contribution in [3.63, 3.8) is 0 Å². The second-order valence-corrected chi connectivity index (χ2v) is 7.52. The molecule has 2 N–H and O–H groups in total. The zero-order valence-electron chi connectivity index (χ0n) is 19.4. The first-order valence-electron chi connectivity index (χ1n) is 10.9. The summed E-state index contributed by atoms with van der Waals surface area (Å²) in [5, 5.41) is 6.00. The number of nitrogens with one attached hydrogen (secondary N) is 2. The van der Waals surface area contributed by atoms with Gasteiger partial charge in [0.25, 0.3) is 0 Å². The predicted octanol–water partition coefficient (Wildman–Crippen LogP) is 4.40. The highest BCUT2D eigenvalue weighted by molar-refractivity contribution is 6.04. The molecule has 0 aliphatic carbocycles. The van der Waals surface area contributed by atoms with Gasteiger partial charge in [0.1, 0.15) is 0 Å². The Labute approximate surface area is 208 Å². The van der Waals surface area contributed by atoms with Crippen molar-refractivity contribution in [2.45, 2.75) is 26.7 Å². The van der Waals surface area contributed by atoms with Crippen molar-refractivity contribution in [1.82, 2.24) is 10.2 Å². The van der Waals surface area contributed by atoms with Crippen LogP contribution >= 0.6 is 24.8 Å². The molecule has 2 aromatic carbocycles. The summed E-state index contributed by atoms with van der Waals surface area (Å²) in [6.45, 7) is 8.16. The third-order valence-corrected chi connectivity index (χ3v) is 5.68. The first kappa shape index (κ1) is 28.7. The van der Waals surface area contributed by atoms with Crippen molar-refractivity contribution in [2.75, 3.05) is 50.1 Å². The van der Waals surface area contributed by atoms with Crippen LogP contribution in [0.2, 0.25) is 0 Å². The van der Waals surface area contributed by atoms with Gasteiger partial charge in [0.2, 0.25) is 5.91 Å². The quantitative estimate of drug-likeness (QED) is 0.529. The molecule has 33 heavy (non-hydrogen) atoms. The Hall–Kier alpha value is -2.32. The van der Waals surface area contributed by atoms with E-state index < -0.39 is 6.09 Å². The van der Waals surface area contributed by atoms with Crippen LogP contribution in [0.4, 0.5) is 21.9 Å². The summed E-state index contributed by atoms with van der Waals surface area (Å²) in [5.74, 6) is -0.0228. The molecule has 182 valence electrons. The minimum Gasteiger partial charge on any atom is -0.453 e. The number of likely N-dealkylation sites (N-methyl/N-ethyl adjacent to an activating group) is 1. The minimum atomic E-state index is -0.537. The van der Waals surface area contributed by atoms with E-state index in [1.807, 2.05) is 36.4 Å². The number of nitrogens with zero attached hydrogens (tertiary/aromatic N) is 2. The molecule has 9 heteroatoms. The summed E-state index contributed by atoms with van der Waals surface area (Å²) in [7, 11) is 1.33. The van der Waals surface area contributed by atoms with Gasteiger partial charge in [-0.05, 0) is 55.3 Å². The van der Waals surface area contributed by atoms with Gasteiger partial charge in [-0.2, -0.15) is 0 Å². The summed E-state index contributed by atoms with van der Waals surface area (Å²) < 4.78 is 4.71. The number of anilines is 3. The monoisotopic (exact) mass is 496 g/mol. The van der Waals surface area contributed by atoms with Gasteiger partial charge < -0.3 is 15.0 Å². The first-order valence-corrected chi connectivity index (χ1v) is 10.9. The molecule has 2 amide bonds. The molecule has 0 saturated carbocycles. The lowest BCUT2D eigenvalue weighted by Crippen LogP contribution is -2.39. The zero-order chi connectivity index (χ0) is 22.2. The number of halogens is 2. The molecule has 0 saturated heterocycles. The Morgan fingerprint density at radius 2 is 1.67 bits per heavy atom. The largest absolute Gasteiger partial charge is 0.453 e. The Balaban J connectivity index is 0.00000272. The molecule has 0 radical (unpaired) electrons. The molecule has 1 aliphatic heterocycles. The topological polar surface area (TPSA) is 73.9 Å². The number of aryl methyl sites for hydroxylation is 2. The number of carbonyl (C=O) groups is 2. The number of methoxy groups -OCH3 is 1. The number of para-hydroxylation sites is 1. The number of amides is 2. The highest BCUT2D eigenvalue weighted by Gasteiger charge is 2.26. The van der Waals surface area contributed by atoms with Crippen LogP contribution in [0.15, 0.2) is 42.5 Å². The van der Waals surface area contributed by atoms with E-state index in [0.717, 1.165) is 61.5 Å². The maximum absolute atomic E-state index is 13.4.